The molecule has 0 amide bonds. The molecule has 0 aliphatic carbocycles. The molecular formula is C16H19F3O4. The van der Waals surface area contributed by atoms with Crippen molar-refractivity contribution in [2.75, 3.05) is 6.61 Å². The zero-order chi connectivity index (χ0) is 17.2. The predicted octanol–water partition coefficient (Wildman–Crippen LogP) is 3.66. The van der Waals surface area contributed by atoms with Gasteiger partial charge in [0.15, 0.2) is 17.5 Å². The molecule has 0 aromatic heterocycles. The number of benzene rings is 1. The highest BCUT2D eigenvalue weighted by molar-refractivity contribution is 5.77. The molecule has 0 unspecified atom stereocenters. The van der Waals surface area contributed by atoms with Crippen LogP contribution >= 0.6 is 0 Å². The monoisotopic (exact) mass is 332 g/mol. The molecule has 0 aliphatic rings. The Bertz CT molecular complexity index is 523. The highest BCUT2D eigenvalue weighted by atomic mass is 19.2. The SMILES string of the molecule is CCCCCOC(=O)CCC(=O)OCc1cc(F)c(F)c(F)c1. The molecule has 23 heavy (non-hydrogen) atoms. The number of halogens is 3. The summed E-state index contributed by atoms with van der Waals surface area (Å²) in [6.45, 7) is 1.94. The Kier molecular flexibility index (Phi) is 8.15. The van der Waals surface area contributed by atoms with Crippen LogP contribution in [0.25, 0.3) is 0 Å². The Morgan fingerprint density at radius 2 is 1.52 bits per heavy atom. The second-order valence-electron chi connectivity index (χ2n) is 4.96. The molecule has 0 heterocycles. The summed E-state index contributed by atoms with van der Waals surface area (Å²) in [6.07, 6.45) is 2.42. The van der Waals surface area contributed by atoms with E-state index in [1.807, 2.05) is 6.92 Å². The third-order valence-corrected chi connectivity index (χ3v) is 2.99. The van der Waals surface area contributed by atoms with Crippen molar-refractivity contribution in [3.05, 3.63) is 35.1 Å². The molecule has 0 spiro atoms. The van der Waals surface area contributed by atoms with Crippen molar-refractivity contribution in [2.24, 2.45) is 0 Å². The number of esters is 2. The average molecular weight is 332 g/mol. The van der Waals surface area contributed by atoms with Crippen LogP contribution in [0.15, 0.2) is 12.1 Å². The zero-order valence-corrected chi connectivity index (χ0v) is 12.9. The van der Waals surface area contributed by atoms with Gasteiger partial charge >= 0.3 is 11.9 Å². The van der Waals surface area contributed by atoms with Gasteiger partial charge in [0.05, 0.1) is 19.4 Å². The van der Waals surface area contributed by atoms with Crippen molar-refractivity contribution in [1.29, 1.82) is 0 Å². The van der Waals surface area contributed by atoms with Gasteiger partial charge < -0.3 is 9.47 Å². The molecule has 128 valence electrons. The van der Waals surface area contributed by atoms with E-state index >= 15 is 0 Å². The highest BCUT2D eigenvalue weighted by Crippen LogP contribution is 2.14. The number of carbonyl (C=O) groups is 2. The van der Waals surface area contributed by atoms with Crippen LogP contribution in [0.2, 0.25) is 0 Å². The molecule has 0 saturated heterocycles. The second-order valence-corrected chi connectivity index (χ2v) is 4.96. The molecule has 0 radical (unpaired) electrons. The molecule has 0 fully saturated rings. The third kappa shape index (κ3) is 7.17. The second kappa shape index (κ2) is 9.86. The number of hydrogen-bond acceptors (Lipinski definition) is 4. The minimum absolute atomic E-state index is 0.0168. The van der Waals surface area contributed by atoms with Crippen LogP contribution in [-0.2, 0) is 25.7 Å². The van der Waals surface area contributed by atoms with Crippen LogP contribution in [0.4, 0.5) is 13.2 Å². The minimum atomic E-state index is -1.58. The smallest absolute Gasteiger partial charge is 0.306 e. The summed E-state index contributed by atoms with van der Waals surface area (Å²) in [5.74, 6) is -5.50. The fraction of sp³-hybridized carbons (Fsp3) is 0.500. The molecule has 0 saturated carbocycles. The summed E-state index contributed by atoms with van der Waals surface area (Å²) < 4.78 is 48.4. The van der Waals surface area contributed by atoms with E-state index in [2.05, 4.69) is 0 Å². The Balaban J connectivity index is 2.28. The molecule has 1 rings (SSSR count). The number of unbranched alkanes of at least 4 members (excludes halogenated alkanes) is 2. The topological polar surface area (TPSA) is 52.6 Å². The van der Waals surface area contributed by atoms with Gasteiger partial charge in [0.1, 0.15) is 6.61 Å². The van der Waals surface area contributed by atoms with Gasteiger partial charge in [-0.2, -0.15) is 0 Å². The molecule has 1 aromatic rings. The molecule has 0 N–H and O–H groups in total. The van der Waals surface area contributed by atoms with Crippen molar-refractivity contribution in [2.45, 2.75) is 45.6 Å². The van der Waals surface area contributed by atoms with Crippen LogP contribution in [0.5, 0.6) is 0 Å². The van der Waals surface area contributed by atoms with Crippen LogP contribution in [0.3, 0.4) is 0 Å². The first-order valence-electron chi connectivity index (χ1n) is 7.38. The Morgan fingerprint density at radius 3 is 2.09 bits per heavy atom. The molecule has 1 aromatic carbocycles. The number of hydrogen-bond donors (Lipinski definition) is 0. The van der Waals surface area contributed by atoms with E-state index in [0.29, 0.717) is 6.61 Å². The summed E-state index contributed by atoms with van der Waals surface area (Å²) in [7, 11) is 0. The summed E-state index contributed by atoms with van der Waals surface area (Å²) in [6, 6.07) is 1.49. The lowest BCUT2D eigenvalue weighted by Gasteiger charge is -2.06. The van der Waals surface area contributed by atoms with Gasteiger partial charge in [-0.15, -0.1) is 0 Å². The van der Waals surface area contributed by atoms with Crippen LogP contribution < -0.4 is 0 Å². The molecule has 0 atom stereocenters. The Hall–Kier alpha value is -2.05. The molecular weight excluding hydrogens is 313 g/mol. The number of ether oxygens (including phenoxy) is 2. The van der Waals surface area contributed by atoms with Crippen molar-refractivity contribution < 1.29 is 32.2 Å². The van der Waals surface area contributed by atoms with Crippen molar-refractivity contribution in [1.82, 2.24) is 0 Å². The van der Waals surface area contributed by atoms with Gasteiger partial charge in [0.2, 0.25) is 0 Å². The van der Waals surface area contributed by atoms with Crippen molar-refractivity contribution in [3.63, 3.8) is 0 Å². The zero-order valence-electron chi connectivity index (χ0n) is 12.9. The summed E-state index contributed by atoms with van der Waals surface area (Å²) in [5.41, 5.74) is -0.0168. The minimum Gasteiger partial charge on any atom is -0.466 e. The maximum absolute atomic E-state index is 13.0. The molecule has 4 nitrogen and oxygen atoms in total. The van der Waals surface area contributed by atoms with Gasteiger partial charge in [-0.05, 0) is 24.1 Å². The normalized spacial score (nSPS) is 10.4. The lowest BCUT2D eigenvalue weighted by Crippen LogP contribution is -2.11. The maximum Gasteiger partial charge on any atom is 0.306 e. The van der Waals surface area contributed by atoms with Gasteiger partial charge in [0, 0.05) is 0 Å². The lowest BCUT2D eigenvalue weighted by atomic mass is 10.2. The van der Waals surface area contributed by atoms with Crippen LogP contribution in [0.1, 0.15) is 44.6 Å². The first-order chi connectivity index (χ1) is 10.9. The van der Waals surface area contributed by atoms with Gasteiger partial charge in [-0.1, -0.05) is 19.8 Å². The van der Waals surface area contributed by atoms with Gasteiger partial charge in [0.25, 0.3) is 0 Å². The van der Waals surface area contributed by atoms with E-state index in [4.69, 9.17) is 9.47 Å². The quantitative estimate of drug-likeness (QED) is 0.393. The van der Waals surface area contributed by atoms with E-state index in [1.165, 1.54) is 0 Å². The van der Waals surface area contributed by atoms with Crippen LogP contribution in [0, 0.1) is 17.5 Å². The van der Waals surface area contributed by atoms with E-state index < -0.39 is 36.0 Å². The van der Waals surface area contributed by atoms with Crippen molar-refractivity contribution in [3.8, 4) is 0 Å². The van der Waals surface area contributed by atoms with Crippen molar-refractivity contribution >= 4 is 11.9 Å². The number of rotatable bonds is 9. The summed E-state index contributed by atoms with van der Waals surface area (Å²) in [4.78, 5) is 22.8. The lowest BCUT2D eigenvalue weighted by molar-refractivity contribution is -0.151. The average Bonchev–Trinajstić information content (AvgIpc) is 2.52. The third-order valence-electron chi connectivity index (χ3n) is 2.99. The highest BCUT2D eigenvalue weighted by Gasteiger charge is 2.13. The van der Waals surface area contributed by atoms with Gasteiger partial charge in [-0.25, -0.2) is 13.2 Å². The molecule has 0 aliphatic heterocycles. The number of carbonyl (C=O) groups excluding carboxylic acids is 2. The first kappa shape index (κ1) is 19.0. The Labute approximate surface area is 132 Å². The summed E-state index contributed by atoms with van der Waals surface area (Å²) in [5, 5.41) is 0. The van der Waals surface area contributed by atoms with Crippen LogP contribution in [-0.4, -0.2) is 18.5 Å². The molecule has 0 bridgehead atoms. The molecule has 7 heteroatoms. The van der Waals surface area contributed by atoms with Gasteiger partial charge in [-0.3, -0.25) is 9.59 Å². The van der Waals surface area contributed by atoms with E-state index in [1.54, 1.807) is 0 Å². The maximum atomic E-state index is 13.0. The largest absolute Gasteiger partial charge is 0.466 e. The fourth-order valence-corrected chi connectivity index (χ4v) is 1.74. The fourth-order valence-electron chi connectivity index (χ4n) is 1.74. The standard InChI is InChI=1S/C16H19F3O4/c1-2-3-4-7-22-14(20)5-6-15(21)23-10-11-8-12(17)16(19)13(18)9-11/h8-9H,2-7,10H2,1H3. The Morgan fingerprint density at radius 1 is 0.957 bits per heavy atom. The predicted molar refractivity (Wildman–Crippen MR) is 75.8 cm³/mol. The van der Waals surface area contributed by atoms with E-state index in [9.17, 15) is 22.8 Å². The summed E-state index contributed by atoms with van der Waals surface area (Å²) >= 11 is 0. The van der Waals surface area contributed by atoms with E-state index in [-0.39, 0.29) is 18.4 Å². The van der Waals surface area contributed by atoms with E-state index in [0.717, 1.165) is 31.4 Å². The first-order valence-corrected chi connectivity index (χ1v) is 7.38.